The number of para-hydroxylation sites is 1. The Morgan fingerprint density at radius 3 is 2.56 bits per heavy atom. The van der Waals surface area contributed by atoms with E-state index >= 15 is 0 Å². The van der Waals surface area contributed by atoms with Crippen LogP contribution in [0.5, 0.6) is 5.75 Å². The zero-order valence-electron chi connectivity index (χ0n) is 36.0. The topological polar surface area (TPSA) is 185 Å². The third-order valence-corrected chi connectivity index (χ3v) is 12.1. The second-order valence-electron chi connectivity index (χ2n) is 14.9. The number of amides is 1. The van der Waals surface area contributed by atoms with E-state index in [1.54, 1.807) is 19.2 Å². The normalized spacial score (nSPS) is 11.0. The number of hydrogen-bond donors (Lipinski definition) is 4. The molecule has 332 valence electrons. The number of aromatic nitrogens is 7. The maximum atomic E-state index is 14.8. The zero-order valence-corrected chi connectivity index (χ0v) is 37.6. The number of carbonyl (C=O) groups is 2. The third kappa shape index (κ3) is 14.0. The SMILES string of the molecule is CCC(=O)NCCCCCCCCn1cc(CCCN(c2cc(C)c(Nc3nc4ccccc4s3)nn2)c2nc(C(=O)O)c(CCCOc3ccc(C#CCNC)cc3F)s2)nn1. The van der Waals surface area contributed by atoms with Gasteiger partial charge < -0.3 is 30.7 Å². The lowest BCUT2D eigenvalue weighted by molar-refractivity contribution is -0.120. The number of ether oxygens (including phenoxy) is 1. The molecule has 6 rings (SSSR count). The second kappa shape index (κ2) is 24.0. The van der Waals surface area contributed by atoms with Crippen molar-refractivity contribution in [3.05, 3.63) is 87.9 Å². The van der Waals surface area contributed by atoms with Crippen LogP contribution in [-0.2, 0) is 24.2 Å². The van der Waals surface area contributed by atoms with Crippen molar-refractivity contribution in [2.75, 3.05) is 43.5 Å². The average molecular weight is 896 g/mol. The molecular formula is C45H54FN11O4S2. The lowest BCUT2D eigenvalue weighted by Gasteiger charge is -2.21. The molecule has 63 heavy (non-hydrogen) atoms. The van der Waals surface area contributed by atoms with Crippen LogP contribution in [0, 0.1) is 24.6 Å². The zero-order chi connectivity index (χ0) is 44.4. The summed E-state index contributed by atoms with van der Waals surface area (Å²) in [6.07, 6.45) is 11.1. The summed E-state index contributed by atoms with van der Waals surface area (Å²) in [6, 6.07) is 14.4. The Kier molecular flexibility index (Phi) is 17.7. The minimum absolute atomic E-state index is 0.0436. The molecule has 0 aliphatic heterocycles. The summed E-state index contributed by atoms with van der Waals surface area (Å²) >= 11 is 2.81. The predicted octanol–water partition coefficient (Wildman–Crippen LogP) is 8.24. The molecular weight excluding hydrogens is 842 g/mol. The first-order valence-corrected chi connectivity index (χ1v) is 23.0. The van der Waals surface area contributed by atoms with Gasteiger partial charge in [0.25, 0.3) is 0 Å². The number of halogens is 1. The molecule has 0 saturated heterocycles. The molecule has 0 aliphatic rings. The fourth-order valence-electron chi connectivity index (χ4n) is 6.64. The first-order chi connectivity index (χ1) is 30.7. The Bertz CT molecular complexity index is 2460. The van der Waals surface area contributed by atoms with E-state index in [4.69, 9.17) is 4.74 Å². The van der Waals surface area contributed by atoms with Crippen molar-refractivity contribution in [2.45, 2.75) is 91.0 Å². The summed E-state index contributed by atoms with van der Waals surface area (Å²) in [5, 5.41) is 38.5. The van der Waals surface area contributed by atoms with Crippen LogP contribution >= 0.6 is 22.7 Å². The van der Waals surface area contributed by atoms with Gasteiger partial charge in [-0.05, 0) is 94.5 Å². The highest BCUT2D eigenvalue weighted by molar-refractivity contribution is 7.22. The number of carboxylic acids is 1. The van der Waals surface area contributed by atoms with Gasteiger partial charge >= 0.3 is 5.97 Å². The van der Waals surface area contributed by atoms with E-state index in [1.807, 2.05) is 60.0 Å². The number of benzene rings is 2. The van der Waals surface area contributed by atoms with Gasteiger partial charge in [0.05, 0.1) is 29.1 Å². The van der Waals surface area contributed by atoms with Crippen LogP contribution in [0.1, 0.15) is 96.9 Å². The molecule has 0 radical (unpaired) electrons. The number of unbranched alkanes of at least 4 members (excludes halogenated alkanes) is 5. The van der Waals surface area contributed by atoms with Crippen LogP contribution in [0.25, 0.3) is 10.2 Å². The van der Waals surface area contributed by atoms with Gasteiger partial charge in [-0.3, -0.25) is 9.48 Å². The van der Waals surface area contributed by atoms with Gasteiger partial charge in [-0.15, -0.1) is 26.6 Å². The molecule has 0 fully saturated rings. The van der Waals surface area contributed by atoms with E-state index in [-0.39, 0.29) is 24.0 Å². The summed E-state index contributed by atoms with van der Waals surface area (Å²) in [7, 11) is 1.79. The van der Waals surface area contributed by atoms with Crippen molar-refractivity contribution in [1.82, 2.24) is 45.8 Å². The van der Waals surface area contributed by atoms with Crippen molar-refractivity contribution >= 4 is 66.7 Å². The molecule has 0 saturated carbocycles. The number of nitrogens with one attached hydrogen (secondary N) is 3. The van der Waals surface area contributed by atoms with Gasteiger partial charge in [-0.25, -0.2) is 19.2 Å². The van der Waals surface area contributed by atoms with Gasteiger partial charge in [0.15, 0.2) is 39.2 Å². The molecule has 4 aromatic heterocycles. The van der Waals surface area contributed by atoms with Crippen LogP contribution in [0.2, 0.25) is 0 Å². The number of hydrogen-bond acceptors (Lipinski definition) is 14. The van der Waals surface area contributed by atoms with Crippen molar-refractivity contribution in [3.8, 4) is 17.6 Å². The maximum absolute atomic E-state index is 14.8. The van der Waals surface area contributed by atoms with Gasteiger partial charge in [0.1, 0.15) is 0 Å². The molecule has 0 bridgehead atoms. The molecule has 0 unspecified atom stereocenters. The fraction of sp³-hybridized carbons (Fsp3) is 0.422. The fourth-order valence-corrected chi connectivity index (χ4v) is 8.63. The largest absolute Gasteiger partial charge is 0.491 e. The number of aromatic carboxylic acids is 1. The molecule has 1 amide bonds. The minimum atomic E-state index is -1.14. The van der Waals surface area contributed by atoms with Crippen molar-refractivity contribution in [1.29, 1.82) is 0 Å². The number of carbonyl (C=O) groups excluding carboxylic acids is 1. The average Bonchev–Trinajstić information content (AvgIpc) is 4.03. The lowest BCUT2D eigenvalue weighted by Crippen LogP contribution is -2.23. The highest BCUT2D eigenvalue weighted by atomic mass is 32.1. The van der Waals surface area contributed by atoms with Crippen LogP contribution in [0.15, 0.2) is 54.7 Å². The van der Waals surface area contributed by atoms with Crippen LogP contribution in [-0.4, -0.2) is 85.4 Å². The van der Waals surface area contributed by atoms with E-state index in [9.17, 15) is 19.1 Å². The number of nitrogens with zero attached hydrogens (tertiary/aromatic N) is 8. The van der Waals surface area contributed by atoms with Crippen molar-refractivity contribution in [3.63, 3.8) is 0 Å². The Morgan fingerprint density at radius 1 is 0.952 bits per heavy atom. The summed E-state index contributed by atoms with van der Waals surface area (Å²) in [6.45, 7) is 6.45. The van der Waals surface area contributed by atoms with E-state index in [0.717, 1.165) is 73.1 Å². The van der Waals surface area contributed by atoms with Gasteiger partial charge in [0, 0.05) is 42.7 Å². The molecule has 2 aromatic carbocycles. The Balaban J connectivity index is 1.09. The molecule has 4 heterocycles. The summed E-state index contributed by atoms with van der Waals surface area (Å²) in [5.74, 6) is 5.45. The number of aryl methyl sites for hydroxylation is 4. The highest BCUT2D eigenvalue weighted by Gasteiger charge is 2.24. The summed E-state index contributed by atoms with van der Waals surface area (Å²) < 4.78 is 23.4. The van der Waals surface area contributed by atoms with Crippen LogP contribution in [0.4, 0.5) is 26.3 Å². The molecule has 0 atom stereocenters. The molecule has 6 aromatic rings. The highest BCUT2D eigenvalue weighted by Crippen LogP contribution is 2.34. The van der Waals surface area contributed by atoms with E-state index < -0.39 is 11.8 Å². The molecule has 0 spiro atoms. The van der Waals surface area contributed by atoms with Crippen LogP contribution in [0.3, 0.4) is 0 Å². The number of rotatable bonds is 25. The predicted molar refractivity (Wildman–Crippen MR) is 246 cm³/mol. The molecule has 4 N–H and O–H groups in total. The van der Waals surface area contributed by atoms with Gasteiger partial charge in [0.2, 0.25) is 5.91 Å². The summed E-state index contributed by atoms with van der Waals surface area (Å²) in [4.78, 5) is 35.7. The number of anilines is 4. The van der Waals surface area contributed by atoms with Crippen LogP contribution < -0.4 is 25.6 Å². The monoisotopic (exact) mass is 895 g/mol. The second-order valence-corrected chi connectivity index (χ2v) is 17.0. The van der Waals surface area contributed by atoms with E-state index in [0.29, 0.717) is 77.5 Å². The van der Waals surface area contributed by atoms with Gasteiger partial charge in [-0.2, -0.15) is 0 Å². The number of fused-ring (bicyclic) bond motifs is 1. The van der Waals surface area contributed by atoms with Crippen molar-refractivity contribution < 1.29 is 23.8 Å². The Labute approximate surface area is 374 Å². The maximum Gasteiger partial charge on any atom is 0.355 e. The smallest absolute Gasteiger partial charge is 0.355 e. The number of carboxylic acid groups (broad SMARTS) is 1. The standard InChI is InChI=1S/C45H54FN11O4S2/c1-4-40(58)48-24-11-7-5-6-8-12-25-56-30-33(52-55-56)17-14-26-57(39-28-31(2)42(54-53-39)51-44-49-35-18-9-10-19-37(35)62-44)45-50-41(43(59)60)38(63-45)20-15-27-61-36-22-21-32(29-34(36)46)16-13-23-47-3/h9-10,18-19,21-22,28-30,47H,4-8,11-12,14-15,17,20,23-27H2,1-3H3,(H,48,58)(H,59,60)(H,49,51,54). The minimum Gasteiger partial charge on any atom is -0.491 e. The van der Waals surface area contributed by atoms with E-state index in [2.05, 4.69) is 58.3 Å². The molecule has 15 nitrogen and oxygen atoms in total. The Hall–Kier alpha value is -6.03. The third-order valence-electron chi connectivity index (χ3n) is 9.98. The first-order valence-electron chi connectivity index (χ1n) is 21.4. The summed E-state index contributed by atoms with van der Waals surface area (Å²) in [5.41, 5.74) is 3.09. The first kappa shape index (κ1) is 46.5. The number of thiazole rings is 2. The quantitative estimate of drug-likeness (QED) is 0.0319. The van der Waals surface area contributed by atoms with Gasteiger partial charge in [-0.1, -0.05) is 73.1 Å². The van der Waals surface area contributed by atoms with Crippen molar-refractivity contribution in [2.24, 2.45) is 0 Å². The molecule has 18 heteroatoms. The Morgan fingerprint density at radius 2 is 1.78 bits per heavy atom. The lowest BCUT2D eigenvalue weighted by atomic mass is 10.1. The molecule has 0 aliphatic carbocycles. The van der Waals surface area contributed by atoms with E-state index in [1.165, 1.54) is 28.7 Å².